The second-order valence-electron chi connectivity index (χ2n) is 2.74. The lowest BCUT2D eigenvalue weighted by Gasteiger charge is -2.06. The molecular formula is C9H10BrNO. The van der Waals surface area contributed by atoms with E-state index in [4.69, 9.17) is 4.74 Å². The number of rotatable bonds is 0. The summed E-state index contributed by atoms with van der Waals surface area (Å²) in [6.07, 6.45) is 0. The van der Waals surface area contributed by atoms with Gasteiger partial charge in [-0.05, 0) is 12.1 Å². The average Bonchev–Trinajstić information content (AvgIpc) is 2.30. The molecule has 0 amide bonds. The topological polar surface area (TPSA) is 21.3 Å². The Kier molecular flexibility index (Phi) is 2.33. The Labute approximate surface area is 80.1 Å². The summed E-state index contributed by atoms with van der Waals surface area (Å²) in [5.41, 5.74) is 1.22. The van der Waals surface area contributed by atoms with Gasteiger partial charge in [0.2, 0.25) is 0 Å². The standard InChI is InChI=1S/C9H10BrNO/c10-8-2-1-3-9-7(8)6-11-4-5-12-9/h1-3,11H,4-6H2. The summed E-state index contributed by atoms with van der Waals surface area (Å²) < 4.78 is 6.66. The fourth-order valence-electron chi connectivity index (χ4n) is 1.29. The molecule has 64 valence electrons. The molecule has 1 aliphatic rings. The largest absolute Gasteiger partial charge is 0.492 e. The number of benzene rings is 1. The summed E-state index contributed by atoms with van der Waals surface area (Å²) in [5.74, 6) is 0.995. The van der Waals surface area contributed by atoms with Crippen molar-refractivity contribution in [2.45, 2.75) is 6.54 Å². The number of hydrogen-bond acceptors (Lipinski definition) is 2. The predicted octanol–water partition coefficient (Wildman–Crippen LogP) is 1.93. The Morgan fingerprint density at radius 1 is 1.42 bits per heavy atom. The molecule has 0 saturated heterocycles. The van der Waals surface area contributed by atoms with Crippen LogP contribution in [0.5, 0.6) is 5.75 Å². The van der Waals surface area contributed by atoms with E-state index in [1.165, 1.54) is 5.56 Å². The van der Waals surface area contributed by atoms with E-state index in [9.17, 15) is 0 Å². The van der Waals surface area contributed by atoms with Crippen LogP contribution >= 0.6 is 15.9 Å². The molecule has 1 aromatic carbocycles. The molecule has 2 rings (SSSR count). The summed E-state index contributed by atoms with van der Waals surface area (Å²) in [4.78, 5) is 0. The first kappa shape index (κ1) is 8.08. The maximum Gasteiger partial charge on any atom is 0.124 e. The highest BCUT2D eigenvalue weighted by Gasteiger charge is 2.09. The molecule has 0 unspecified atom stereocenters. The van der Waals surface area contributed by atoms with Gasteiger partial charge >= 0.3 is 0 Å². The van der Waals surface area contributed by atoms with E-state index in [1.807, 2.05) is 18.2 Å². The Hall–Kier alpha value is -0.540. The van der Waals surface area contributed by atoms with E-state index in [2.05, 4.69) is 21.2 Å². The minimum atomic E-state index is 0.753. The van der Waals surface area contributed by atoms with Crippen molar-refractivity contribution in [3.8, 4) is 5.75 Å². The fraction of sp³-hybridized carbons (Fsp3) is 0.333. The number of fused-ring (bicyclic) bond motifs is 1. The molecule has 12 heavy (non-hydrogen) atoms. The van der Waals surface area contributed by atoms with E-state index >= 15 is 0 Å². The van der Waals surface area contributed by atoms with Gasteiger partial charge in [0, 0.05) is 23.1 Å². The molecule has 1 aliphatic heterocycles. The molecule has 1 aromatic rings. The van der Waals surface area contributed by atoms with Crippen LogP contribution in [0.1, 0.15) is 5.56 Å². The first-order valence-corrected chi connectivity index (χ1v) is 4.78. The molecule has 1 heterocycles. The summed E-state index contributed by atoms with van der Waals surface area (Å²) in [7, 11) is 0. The quantitative estimate of drug-likeness (QED) is 0.732. The van der Waals surface area contributed by atoms with Gasteiger partial charge < -0.3 is 10.1 Å². The molecule has 0 aromatic heterocycles. The van der Waals surface area contributed by atoms with Crippen LogP contribution in [0.2, 0.25) is 0 Å². The molecule has 0 spiro atoms. The molecule has 2 nitrogen and oxygen atoms in total. The minimum Gasteiger partial charge on any atom is -0.492 e. The lowest BCUT2D eigenvalue weighted by molar-refractivity contribution is 0.325. The zero-order valence-electron chi connectivity index (χ0n) is 6.64. The normalized spacial score (nSPS) is 16.1. The van der Waals surface area contributed by atoms with Crippen molar-refractivity contribution in [1.82, 2.24) is 5.32 Å². The van der Waals surface area contributed by atoms with Crippen molar-refractivity contribution in [1.29, 1.82) is 0 Å². The first-order valence-electron chi connectivity index (χ1n) is 3.99. The van der Waals surface area contributed by atoms with Gasteiger partial charge in [0.25, 0.3) is 0 Å². The maximum absolute atomic E-state index is 5.54. The summed E-state index contributed by atoms with van der Waals surface area (Å²) in [6.45, 7) is 2.56. The second-order valence-corrected chi connectivity index (χ2v) is 3.60. The summed E-state index contributed by atoms with van der Waals surface area (Å²) in [5, 5.41) is 3.29. The lowest BCUT2D eigenvalue weighted by atomic mass is 10.2. The van der Waals surface area contributed by atoms with Crippen molar-refractivity contribution in [3.05, 3.63) is 28.2 Å². The molecule has 1 N–H and O–H groups in total. The van der Waals surface area contributed by atoms with Crippen LogP contribution in [0.15, 0.2) is 22.7 Å². The third-order valence-corrected chi connectivity index (χ3v) is 2.66. The van der Waals surface area contributed by atoms with Gasteiger partial charge in [-0.25, -0.2) is 0 Å². The Bertz CT molecular complexity index is 288. The van der Waals surface area contributed by atoms with E-state index in [-0.39, 0.29) is 0 Å². The van der Waals surface area contributed by atoms with Gasteiger partial charge in [-0.1, -0.05) is 22.0 Å². The van der Waals surface area contributed by atoms with Crippen molar-refractivity contribution in [2.75, 3.05) is 13.2 Å². The van der Waals surface area contributed by atoms with E-state index < -0.39 is 0 Å². The number of ether oxygens (including phenoxy) is 1. The van der Waals surface area contributed by atoms with Crippen molar-refractivity contribution in [2.24, 2.45) is 0 Å². The minimum absolute atomic E-state index is 0.753. The van der Waals surface area contributed by atoms with Crippen LogP contribution in [0.3, 0.4) is 0 Å². The number of nitrogens with one attached hydrogen (secondary N) is 1. The molecule has 0 saturated carbocycles. The summed E-state index contributed by atoms with van der Waals surface area (Å²) >= 11 is 3.50. The van der Waals surface area contributed by atoms with Gasteiger partial charge in [-0.15, -0.1) is 0 Å². The Morgan fingerprint density at radius 3 is 3.25 bits per heavy atom. The zero-order chi connectivity index (χ0) is 8.39. The van der Waals surface area contributed by atoms with Crippen molar-refractivity contribution < 1.29 is 4.74 Å². The van der Waals surface area contributed by atoms with E-state index in [1.54, 1.807) is 0 Å². The number of halogens is 1. The monoisotopic (exact) mass is 227 g/mol. The predicted molar refractivity (Wildman–Crippen MR) is 51.3 cm³/mol. The van der Waals surface area contributed by atoms with Crippen LogP contribution in [-0.2, 0) is 6.54 Å². The maximum atomic E-state index is 5.54. The van der Waals surface area contributed by atoms with Crippen LogP contribution in [0.25, 0.3) is 0 Å². The molecular weight excluding hydrogens is 218 g/mol. The van der Waals surface area contributed by atoms with Crippen LogP contribution in [-0.4, -0.2) is 13.2 Å². The van der Waals surface area contributed by atoms with Crippen LogP contribution in [0, 0.1) is 0 Å². The lowest BCUT2D eigenvalue weighted by Crippen LogP contribution is -2.16. The summed E-state index contributed by atoms with van der Waals surface area (Å²) in [6, 6.07) is 6.04. The van der Waals surface area contributed by atoms with E-state index in [0.29, 0.717) is 0 Å². The molecule has 3 heteroatoms. The first-order chi connectivity index (χ1) is 5.88. The average molecular weight is 228 g/mol. The highest BCUT2D eigenvalue weighted by molar-refractivity contribution is 9.10. The molecule has 0 radical (unpaired) electrons. The Balaban J connectivity index is 2.42. The Morgan fingerprint density at radius 2 is 2.33 bits per heavy atom. The van der Waals surface area contributed by atoms with Gasteiger partial charge in [-0.3, -0.25) is 0 Å². The smallest absolute Gasteiger partial charge is 0.124 e. The van der Waals surface area contributed by atoms with Crippen molar-refractivity contribution >= 4 is 15.9 Å². The molecule has 0 atom stereocenters. The van der Waals surface area contributed by atoms with Crippen molar-refractivity contribution in [3.63, 3.8) is 0 Å². The highest BCUT2D eigenvalue weighted by atomic mass is 79.9. The fourth-order valence-corrected chi connectivity index (χ4v) is 1.78. The van der Waals surface area contributed by atoms with Gasteiger partial charge in [0.05, 0.1) is 0 Å². The van der Waals surface area contributed by atoms with E-state index in [0.717, 1.165) is 29.9 Å². The second kappa shape index (κ2) is 3.46. The molecule has 0 aliphatic carbocycles. The third kappa shape index (κ3) is 1.47. The van der Waals surface area contributed by atoms with Gasteiger partial charge in [-0.2, -0.15) is 0 Å². The molecule has 0 bridgehead atoms. The van der Waals surface area contributed by atoms with Crippen LogP contribution in [0.4, 0.5) is 0 Å². The van der Waals surface area contributed by atoms with Crippen LogP contribution < -0.4 is 10.1 Å². The molecule has 0 fully saturated rings. The zero-order valence-corrected chi connectivity index (χ0v) is 8.23. The third-order valence-electron chi connectivity index (χ3n) is 1.91. The highest BCUT2D eigenvalue weighted by Crippen LogP contribution is 2.27. The van der Waals surface area contributed by atoms with Gasteiger partial charge in [0.1, 0.15) is 12.4 Å². The SMILES string of the molecule is Brc1cccc2c1CNCCO2. The number of hydrogen-bond donors (Lipinski definition) is 1. The van der Waals surface area contributed by atoms with Gasteiger partial charge in [0.15, 0.2) is 0 Å².